The first-order chi connectivity index (χ1) is 22.0. The fourth-order valence-electron chi connectivity index (χ4n) is 7.78. The highest BCUT2D eigenvalue weighted by Crippen LogP contribution is 2.61. The maximum absolute atomic E-state index is 15.0. The van der Waals surface area contributed by atoms with Crippen LogP contribution in [0.4, 0.5) is 5.69 Å². The summed E-state index contributed by atoms with van der Waals surface area (Å²) in [5, 5.41) is 11.1. The summed E-state index contributed by atoms with van der Waals surface area (Å²) in [5.41, 5.74) is 0.976. The number of ether oxygens (including phenoxy) is 1. The monoisotopic (exact) mass is 711 g/mol. The predicted molar refractivity (Wildman–Crippen MR) is 184 cm³/mol. The van der Waals surface area contributed by atoms with Gasteiger partial charge in [-0.2, -0.15) is 0 Å². The van der Waals surface area contributed by atoms with Crippen molar-refractivity contribution in [3.63, 3.8) is 0 Å². The average molecular weight is 713 g/mol. The van der Waals surface area contributed by atoms with Gasteiger partial charge in [-0.25, -0.2) is 0 Å². The first-order valence-corrected chi connectivity index (χ1v) is 17.2. The molecule has 2 aromatic rings. The molecule has 0 aromatic heterocycles. The second-order valence-corrected chi connectivity index (χ2v) is 14.6. The number of aryl methyl sites for hydroxylation is 1. The fourth-order valence-corrected chi connectivity index (χ4v) is 9.05. The van der Waals surface area contributed by atoms with Gasteiger partial charge in [0.15, 0.2) is 0 Å². The smallest absolute Gasteiger partial charge is 0.253 e. The third-order valence-electron chi connectivity index (χ3n) is 9.51. The molecular formula is C36H43BrClN3O5. The number of fused-ring (bicyclic) bond motifs is 1. The van der Waals surface area contributed by atoms with Crippen molar-refractivity contribution < 1.29 is 24.2 Å². The van der Waals surface area contributed by atoms with Crippen LogP contribution in [0.15, 0.2) is 73.8 Å². The Morgan fingerprint density at radius 1 is 1.13 bits per heavy atom. The Labute approximate surface area is 285 Å². The summed E-state index contributed by atoms with van der Waals surface area (Å²) in [6.45, 7) is 14.1. The standard InChI is InChI=1S/C36H43BrClN3O5/c1-6-16-39(20-24-13-9-8-10-14-24)33(43)28-29-34(44)41(25(21-42)18-22(3)4)32(36(29)19-26(37)31(28)46-36)35(45)40(17-7-2)30-23(5)12-11-15-27(30)38/h6-15,22,25-26,28-29,31-32,42H,1-2,16-21H2,3-5H3/t25-,26?,28-,29+,31-,32?,36?/m1/s1. The van der Waals surface area contributed by atoms with Gasteiger partial charge in [0, 0.05) is 24.5 Å². The molecule has 0 aliphatic carbocycles. The third kappa shape index (κ3) is 5.96. The van der Waals surface area contributed by atoms with Crippen LogP contribution in [0.5, 0.6) is 0 Å². The zero-order valence-corrected chi connectivity index (χ0v) is 29.0. The first kappa shape index (κ1) is 34.4. The van der Waals surface area contributed by atoms with E-state index in [1.165, 1.54) is 4.90 Å². The molecule has 3 aliphatic heterocycles. The molecule has 2 bridgehead atoms. The van der Waals surface area contributed by atoms with Crippen LogP contribution in [0.3, 0.4) is 0 Å². The van der Waals surface area contributed by atoms with Crippen molar-refractivity contribution in [2.75, 3.05) is 24.6 Å². The van der Waals surface area contributed by atoms with Crippen molar-refractivity contribution in [2.45, 2.75) is 68.8 Å². The van der Waals surface area contributed by atoms with E-state index < -0.39 is 35.6 Å². The number of nitrogens with zero attached hydrogens (tertiary/aromatic N) is 3. The Morgan fingerprint density at radius 3 is 2.43 bits per heavy atom. The molecule has 1 spiro atoms. The lowest BCUT2D eigenvalue weighted by Crippen LogP contribution is -2.59. The van der Waals surface area contributed by atoms with E-state index in [4.69, 9.17) is 16.3 Å². The Hall–Kier alpha value is -2.98. The maximum atomic E-state index is 15.0. The molecule has 7 atom stereocenters. The lowest BCUT2D eigenvalue weighted by atomic mass is 9.70. The number of rotatable bonds is 13. The van der Waals surface area contributed by atoms with E-state index in [0.717, 1.165) is 11.1 Å². The topological polar surface area (TPSA) is 90.4 Å². The van der Waals surface area contributed by atoms with E-state index in [1.54, 1.807) is 28.0 Å². The Morgan fingerprint density at radius 2 is 1.83 bits per heavy atom. The van der Waals surface area contributed by atoms with Gasteiger partial charge in [0.1, 0.15) is 11.6 Å². The van der Waals surface area contributed by atoms with Crippen molar-refractivity contribution >= 4 is 50.9 Å². The number of likely N-dealkylation sites (tertiary alicyclic amines) is 1. The number of aliphatic hydroxyl groups excluding tert-OH is 1. The summed E-state index contributed by atoms with van der Waals surface area (Å²) in [6.07, 6.45) is 3.51. The zero-order chi connectivity index (χ0) is 33.3. The molecule has 3 saturated heterocycles. The summed E-state index contributed by atoms with van der Waals surface area (Å²) in [6, 6.07) is 13.3. The van der Waals surface area contributed by atoms with Crippen LogP contribution in [0.1, 0.15) is 37.8 Å². The van der Waals surface area contributed by atoms with Gasteiger partial charge < -0.3 is 24.5 Å². The molecule has 2 aromatic carbocycles. The molecule has 3 amide bonds. The number of benzene rings is 2. The first-order valence-electron chi connectivity index (χ1n) is 15.9. The Kier molecular flexibility index (Phi) is 10.5. The van der Waals surface area contributed by atoms with Crippen LogP contribution in [0.25, 0.3) is 0 Å². The minimum Gasteiger partial charge on any atom is -0.394 e. The SMILES string of the molecule is C=CCN(Cc1ccccc1)C(=O)[C@H]1[C@@H]2OC3(CC2Br)C(C(=O)N(CC=C)c2c(C)cccc2Cl)N([C@@H](CO)CC(C)C)C(=O)[C@H]13. The molecule has 3 heterocycles. The van der Waals surface area contributed by atoms with E-state index in [1.807, 2.05) is 63.2 Å². The summed E-state index contributed by atoms with van der Waals surface area (Å²) >= 11 is 10.5. The number of para-hydroxylation sites is 1. The van der Waals surface area contributed by atoms with E-state index in [-0.39, 0.29) is 48.2 Å². The van der Waals surface area contributed by atoms with Crippen LogP contribution in [0, 0.1) is 24.7 Å². The highest BCUT2D eigenvalue weighted by molar-refractivity contribution is 9.09. The van der Waals surface area contributed by atoms with Gasteiger partial charge in [0.25, 0.3) is 5.91 Å². The Balaban J connectivity index is 1.62. The van der Waals surface area contributed by atoms with Crippen LogP contribution < -0.4 is 4.90 Å². The number of carbonyl (C=O) groups is 3. The van der Waals surface area contributed by atoms with Gasteiger partial charge in [0.05, 0.1) is 41.3 Å². The van der Waals surface area contributed by atoms with Crippen LogP contribution >= 0.6 is 27.5 Å². The largest absolute Gasteiger partial charge is 0.394 e. The molecular weight excluding hydrogens is 670 g/mol. The number of amides is 3. The number of alkyl halides is 1. The number of carbonyl (C=O) groups excluding carboxylic acids is 3. The predicted octanol–water partition coefficient (Wildman–Crippen LogP) is 5.54. The molecule has 8 nitrogen and oxygen atoms in total. The molecule has 0 radical (unpaired) electrons. The minimum absolute atomic E-state index is 0.126. The second kappa shape index (κ2) is 14.0. The highest BCUT2D eigenvalue weighted by atomic mass is 79.9. The number of hydrogen-bond donors (Lipinski definition) is 1. The van der Waals surface area contributed by atoms with E-state index in [2.05, 4.69) is 29.1 Å². The van der Waals surface area contributed by atoms with Crippen LogP contribution in [-0.2, 0) is 25.7 Å². The second-order valence-electron chi connectivity index (χ2n) is 13.0. The van der Waals surface area contributed by atoms with Crippen molar-refractivity contribution in [1.82, 2.24) is 9.80 Å². The number of aliphatic hydroxyl groups is 1. The zero-order valence-electron chi connectivity index (χ0n) is 26.6. The molecule has 246 valence electrons. The molecule has 3 unspecified atom stereocenters. The van der Waals surface area contributed by atoms with Gasteiger partial charge in [-0.05, 0) is 42.9 Å². The number of hydrogen-bond acceptors (Lipinski definition) is 5. The number of anilines is 1. The van der Waals surface area contributed by atoms with E-state index >= 15 is 4.79 Å². The summed E-state index contributed by atoms with van der Waals surface area (Å²) in [4.78, 5) is 48.9. The van der Waals surface area contributed by atoms with Gasteiger partial charge in [0.2, 0.25) is 11.8 Å². The van der Waals surface area contributed by atoms with Gasteiger partial charge in [-0.1, -0.05) is 96.0 Å². The third-order valence-corrected chi connectivity index (χ3v) is 10.7. The van der Waals surface area contributed by atoms with Gasteiger partial charge >= 0.3 is 0 Å². The summed E-state index contributed by atoms with van der Waals surface area (Å²) in [5.74, 6) is -2.56. The van der Waals surface area contributed by atoms with Crippen molar-refractivity contribution in [3.8, 4) is 0 Å². The molecule has 5 rings (SSSR count). The van der Waals surface area contributed by atoms with Gasteiger partial charge in [-0.15, -0.1) is 13.2 Å². The van der Waals surface area contributed by atoms with Crippen molar-refractivity contribution in [1.29, 1.82) is 0 Å². The molecule has 0 saturated carbocycles. The number of halogens is 2. The van der Waals surface area contributed by atoms with Crippen LogP contribution in [-0.4, -0.2) is 80.9 Å². The average Bonchev–Trinajstić information content (AvgIpc) is 3.62. The van der Waals surface area contributed by atoms with E-state index in [0.29, 0.717) is 30.1 Å². The molecule has 3 fully saturated rings. The molecule has 3 aliphatic rings. The summed E-state index contributed by atoms with van der Waals surface area (Å²) < 4.78 is 6.80. The van der Waals surface area contributed by atoms with Gasteiger partial charge in [-0.3, -0.25) is 14.4 Å². The molecule has 46 heavy (non-hydrogen) atoms. The van der Waals surface area contributed by atoms with Crippen molar-refractivity contribution in [3.05, 3.63) is 90.0 Å². The van der Waals surface area contributed by atoms with Crippen LogP contribution in [0.2, 0.25) is 5.02 Å². The lowest BCUT2D eigenvalue weighted by molar-refractivity contribution is -0.147. The lowest BCUT2D eigenvalue weighted by Gasteiger charge is -2.40. The Bertz CT molecular complexity index is 1470. The summed E-state index contributed by atoms with van der Waals surface area (Å²) in [7, 11) is 0. The van der Waals surface area contributed by atoms with E-state index in [9.17, 15) is 14.7 Å². The minimum atomic E-state index is -1.29. The maximum Gasteiger partial charge on any atom is 0.253 e. The molecule has 10 heteroatoms. The normalized spacial score (nSPS) is 27.1. The van der Waals surface area contributed by atoms with Crippen molar-refractivity contribution in [2.24, 2.45) is 17.8 Å². The highest BCUT2D eigenvalue weighted by Gasteiger charge is 2.77. The molecule has 1 N–H and O–H groups in total. The fraction of sp³-hybridized carbons (Fsp3) is 0.472. The quantitative estimate of drug-likeness (QED) is 0.218.